The molecule has 0 fully saturated rings. The molecule has 0 saturated heterocycles. The molecule has 1 heterocycles. The number of halogens is 1. The summed E-state index contributed by atoms with van der Waals surface area (Å²) in [6.07, 6.45) is 1.75. The molecule has 0 aliphatic rings. The predicted molar refractivity (Wildman–Crippen MR) is 145 cm³/mol. The van der Waals surface area contributed by atoms with Gasteiger partial charge in [-0.15, -0.1) is 0 Å². The van der Waals surface area contributed by atoms with Gasteiger partial charge in [0, 0.05) is 23.9 Å². The standard InChI is InChI=1S/C28H36FN3O3S/c1-5-25-26(16-30-15-21(36)13-18(3)4)32(28(31-25)35-6-2)17-20-12-11-19(14-24(20)29)22-9-7-8-10-23(22)27(33)34/h7-12,14,18,21,30,36H,5-6,13,15-17H2,1-4H3,(H,33,34)/t21-/m0/s1. The molecule has 0 aliphatic carbocycles. The summed E-state index contributed by atoms with van der Waals surface area (Å²) in [5, 5.41) is 13.2. The number of aromatic nitrogens is 2. The highest BCUT2D eigenvalue weighted by Gasteiger charge is 2.20. The van der Waals surface area contributed by atoms with Crippen molar-refractivity contribution in [3.05, 3.63) is 70.8 Å². The zero-order valence-electron chi connectivity index (χ0n) is 21.4. The SMILES string of the molecule is CCOc1nc(CC)c(CNC[C@@H](S)CC(C)C)n1Cc1ccc(-c2ccccc2C(=O)O)cc1F. The van der Waals surface area contributed by atoms with E-state index in [0.29, 0.717) is 41.8 Å². The lowest BCUT2D eigenvalue weighted by molar-refractivity contribution is 0.0697. The first-order valence-corrected chi connectivity index (χ1v) is 13.0. The molecular formula is C28H36FN3O3S. The van der Waals surface area contributed by atoms with Gasteiger partial charge in [-0.3, -0.25) is 4.57 Å². The molecule has 0 radical (unpaired) electrons. The van der Waals surface area contributed by atoms with Crippen LogP contribution in [0.5, 0.6) is 6.01 Å². The van der Waals surface area contributed by atoms with Crippen LogP contribution in [-0.4, -0.2) is 39.0 Å². The number of aryl methyl sites for hydroxylation is 1. The molecule has 0 spiro atoms. The van der Waals surface area contributed by atoms with Crippen LogP contribution in [0.25, 0.3) is 11.1 Å². The van der Waals surface area contributed by atoms with Crippen LogP contribution in [0.2, 0.25) is 0 Å². The maximum absolute atomic E-state index is 15.3. The van der Waals surface area contributed by atoms with Crippen molar-refractivity contribution >= 4 is 18.6 Å². The summed E-state index contributed by atoms with van der Waals surface area (Å²) in [6, 6.07) is 11.9. The molecule has 0 aliphatic heterocycles. The molecule has 1 atom stereocenters. The third kappa shape index (κ3) is 6.89. The monoisotopic (exact) mass is 513 g/mol. The van der Waals surface area contributed by atoms with Crippen LogP contribution in [0.3, 0.4) is 0 Å². The van der Waals surface area contributed by atoms with E-state index in [1.807, 2.05) is 18.4 Å². The number of imidazole rings is 1. The lowest BCUT2D eigenvalue weighted by atomic mass is 9.98. The van der Waals surface area contributed by atoms with Gasteiger partial charge in [0.05, 0.1) is 30.1 Å². The number of ether oxygens (including phenoxy) is 1. The minimum atomic E-state index is -1.05. The van der Waals surface area contributed by atoms with Gasteiger partial charge in [0.2, 0.25) is 0 Å². The van der Waals surface area contributed by atoms with E-state index in [2.05, 4.69) is 36.8 Å². The van der Waals surface area contributed by atoms with Crippen LogP contribution in [0, 0.1) is 11.7 Å². The number of hydrogen-bond acceptors (Lipinski definition) is 5. The fourth-order valence-electron chi connectivity index (χ4n) is 4.31. The van der Waals surface area contributed by atoms with Crippen molar-refractivity contribution in [2.75, 3.05) is 13.2 Å². The van der Waals surface area contributed by atoms with Crippen LogP contribution in [-0.2, 0) is 19.5 Å². The van der Waals surface area contributed by atoms with Crippen molar-refractivity contribution in [3.63, 3.8) is 0 Å². The summed E-state index contributed by atoms with van der Waals surface area (Å²) in [5.74, 6) is -0.881. The molecule has 1 aromatic heterocycles. The number of thiol groups is 1. The average Bonchev–Trinajstić information content (AvgIpc) is 3.16. The molecule has 3 aromatic rings. The number of nitrogens with zero attached hydrogens (tertiary/aromatic N) is 2. The second-order valence-corrected chi connectivity index (χ2v) is 9.96. The Morgan fingerprint density at radius 2 is 1.97 bits per heavy atom. The molecule has 6 nitrogen and oxygen atoms in total. The van der Waals surface area contributed by atoms with Gasteiger partial charge >= 0.3 is 5.97 Å². The number of rotatable bonds is 13. The van der Waals surface area contributed by atoms with Gasteiger partial charge in [-0.2, -0.15) is 17.6 Å². The number of carbonyl (C=O) groups is 1. The summed E-state index contributed by atoms with van der Waals surface area (Å²) < 4.78 is 23.1. The molecule has 3 rings (SSSR count). The Kier molecular flexibility index (Phi) is 9.96. The first-order valence-electron chi connectivity index (χ1n) is 12.5. The second-order valence-electron chi connectivity index (χ2n) is 9.23. The maximum atomic E-state index is 15.3. The van der Waals surface area contributed by atoms with E-state index in [1.54, 1.807) is 30.3 Å². The first kappa shape index (κ1) is 27.7. The van der Waals surface area contributed by atoms with Gasteiger partial charge in [0.25, 0.3) is 6.01 Å². The van der Waals surface area contributed by atoms with E-state index in [9.17, 15) is 9.90 Å². The van der Waals surface area contributed by atoms with Gasteiger partial charge in [0.1, 0.15) is 5.82 Å². The minimum absolute atomic E-state index is 0.138. The lowest BCUT2D eigenvalue weighted by Crippen LogP contribution is -2.26. The Labute approximate surface area is 218 Å². The molecule has 2 aromatic carbocycles. The fraction of sp³-hybridized carbons (Fsp3) is 0.429. The zero-order chi connectivity index (χ0) is 26.2. The van der Waals surface area contributed by atoms with Gasteiger partial charge < -0.3 is 15.2 Å². The van der Waals surface area contributed by atoms with Crippen LogP contribution in [0.4, 0.5) is 4.39 Å². The van der Waals surface area contributed by atoms with Crippen LogP contribution in [0.15, 0.2) is 42.5 Å². The van der Waals surface area contributed by atoms with Crippen LogP contribution in [0.1, 0.15) is 61.4 Å². The summed E-state index contributed by atoms with van der Waals surface area (Å²) in [4.78, 5) is 16.3. The summed E-state index contributed by atoms with van der Waals surface area (Å²) in [7, 11) is 0. The Balaban J connectivity index is 1.89. The third-order valence-electron chi connectivity index (χ3n) is 5.99. The second kappa shape index (κ2) is 12.9. The Morgan fingerprint density at radius 1 is 1.22 bits per heavy atom. The van der Waals surface area contributed by atoms with Gasteiger partial charge in [-0.05, 0) is 48.9 Å². The van der Waals surface area contributed by atoms with Crippen LogP contribution >= 0.6 is 12.6 Å². The molecule has 0 bridgehead atoms. The number of hydrogen-bond donors (Lipinski definition) is 3. The Hall–Kier alpha value is -2.84. The minimum Gasteiger partial charge on any atom is -0.478 e. The normalized spacial score (nSPS) is 12.2. The maximum Gasteiger partial charge on any atom is 0.336 e. The molecule has 0 saturated carbocycles. The Morgan fingerprint density at radius 3 is 2.61 bits per heavy atom. The molecule has 2 N–H and O–H groups in total. The van der Waals surface area contributed by atoms with Crippen molar-refractivity contribution in [2.45, 2.75) is 58.9 Å². The van der Waals surface area contributed by atoms with E-state index in [4.69, 9.17) is 4.74 Å². The molecular weight excluding hydrogens is 477 g/mol. The average molecular weight is 514 g/mol. The molecule has 0 amide bonds. The van der Waals surface area contributed by atoms with Crippen molar-refractivity contribution in [1.29, 1.82) is 0 Å². The topological polar surface area (TPSA) is 76.4 Å². The number of nitrogens with one attached hydrogen (secondary N) is 1. The van der Waals surface area contributed by atoms with E-state index in [1.165, 1.54) is 12.1 Å². The van der Waals surface area contributed by atoms with Gasteiger partial charge in [-0.25, -0.2) is 9.18 Å². The number of carboxylic acid groups (broad SMARTS) is 1. The van der Waals surface area contributed by atoms with Crippen LogP contribution < -0.4 is 10.1 Å². The Bertz CT molecular complexity index is 1180. The quantitative estimate of drug-likeness (QED) is 0.251. The predicted octanol–water partition coefficient (Wildman–Crippen LogP) is 5.83. The smallest absolute Gasteiger partial charge is 0.336 e. The van der Waals surface area contributed by atoms with E-state index < -0.39 is 11.8 Å². The van der Waals surface area contributed by atoms with Gasteiger partial charge in [-0.1, -0.05) is 51.1 Å². The van der Waals surface area contributed by atoms with Crippen molar-refractivity contribution in [2.24, 2.45) is 5.92 Å². The van der Waals surface area contributed by atoms with E-state index >= 15 is 4.39 Å². The molecule has 8 heteroatoms. The molecule has 36 heavy (non-hydrogen) atoms. The van der Waals surface area contributed by atoms with Crippen molar-refractivity contribution < 1.29 is 19.0 Å². The lowest BCUT2D eigenvalue weighted by Gasteiger charge is -2.17. The number of carboxylic acids is 1. The van der Waals surface area contributed by atoms with Crippen molar-refractivity contribution in [3.8, 4) is 17.1 Å². The largest absolute Gasteiger partial charge is 0.478 e. The highest BCUT2D eigenvalue weighted by Crippen LogP contribution is 2.28. The van der Waals surface area contributed by atoms with E-state index in [0.717, 1.165) is 30.8 Å². The molecule has 0 unspecified atom stereocenters. The van der Waals surface area contributed by atoms with E-state index in [-0.39, 0.29) is 17.4 Å². The summed E-state index contributed by atoms with van der Waals surface area (Å²) in [6.45, 7) is 10.3. The third-order valence-corrected chi connectivity index (χ3v) is 6.39. The number of benzene rings is 2. The highest BCUT2D eigenvalue weighted by molar-refractivity contribution is 7.81. The first-order chi connectivity index (χ1) is 17.2. The van der Waals surface area contributed by atoms with Gasteiger partial charge in [0.15, 0.2) is 0 Å². The highest BCUT2D eigenvalue weighted by atomic mass is 32.1. The zero-order valence-corrected chi connectivity index (χ0v) is 22.3. The fourth-order valence-corrected chi connectivity index (χ4v) is 4.86. The summed E-state index contributed by atoms with van der Waals surface area (Å²) >= 11 is 4.69. The summed E-state index contributed by atoms with van der Waals surface area (Å²) in [5.41, 5.74) is 3.49. The van der Waals surface area contributed by atoms with Crippen molar-refractivity contribution in [1.82, 2.24) is 14.9 Å². The molecule has 194 valence electrons. The number of aromatic carboxylic acids is 1.